The van der Waals surface area contributed by atoms with E-state index in [1.807, 2.05) is 54.6 Å². The van der Waals surface area contributed by atoms with E-state index in [0.29, 0.717) is 26.1 Å². The molecule has 0 aliphatic heterocycles. The summed E-state index contributed by atoms with van der Waals surface area (Å²) in [5.41, 5.74) is 2.08. The molecule has 0 saturated carbocycles. The maximum atomic E-state index is 12.0. The van der Waals surface area contributed by atoms with Crippen LogP contribution >= 0.6 is 0 Å². The van der Waals surface area contributed by atoms with Crippen molar-refractivity contribution >= 4 is 5.91 Å². The molecule has 134 valence electrons. The molecular weight excluding hydrogens is 328 g/mol. The molecule has 0 saturated heterocycles. The lowest BCUT2D eigenvalue weighted by Gasteiger charge is -2.12. The molecule has 1 N–H and O–H groups in total. The molecule has 2 aromatic carbocycles. The van der Waals surface area contributed by atoms with Crippen molar-refractivity contribution in [1.29, 1.82) is 0 Å². The molecule has 0 radical (unpaired) electrons. The fourth-order valence-electron chi connectivity index (χ4n) is 2.56. The van der Waals surface area contributed by atoms with Gasteiger partial charge in [-0.15, -0.1) is 0 Å². The Kier molecular flexibility index (Phi) is 6.36. The molecule has 1 heterocycles. The van der Waals surface area contributed by atoms with E-state index < -0.39 is 0 Å². The van der Waals surface area contributed by atoms with E-state index >= 15 is 0 Å². The van der Waals surface area contributed by atoms with Gasteiger partial charge in [0.15, 0.2) is 0 Å². The monoisotopic (exact) mass is 350 g/mol. The second kappa shape index (κ2) is 9.36. The van der Waals surface area contributed by atoms with Gasteiger partial charge in [-0.05, 0) is 18.1 Å². The topological polar surface area (TPSA) is 69.0 Å². The number of carbonyl (C=O) groups is 1. The number of carbonyl (C=O) groups excluding carboxylic acids is 1. The number of hydrogen-bond donors (Lipinski definition) is 1. The Balaban J connectivity index is 1.46. The number of para-hydroxylation sites is 1. The van der Waals surface area contributed by atoms with Crippen molar-refractivity contribution < 1.29 is 9.53 Å². The molecule has 0 aliphatic rings. The average molecular weight is 350 g/mol. The number of aryl methyl sites for hydroxylation is 1. The highest BCUT2D eigenvalue weighted by Gasteiger charge is 2.06. The van der Waals surface area contributed by atoms with E-state index in [-0.39, 0.29) is 5.91 Å². The lowest BCUT2D eigenvalue weighted by atomic mass is 10.2. The molecule has 3 rings (SSSR count). The van der Waals surface area contributed by atoms with E-state index in [4.69, 9.17) is 4.74 Å². The highest BCUT2D eigenvalue weighted by molar-refractivity contribution is 5.75. The minimum Gasteiger partial charge on any atom is -0.489 e. The van der Waals surface area contributed by atoms with Gasteiger partial charge in [0, 0.05) is 25.1 Å². The van der Waals surface area contributed by atoms with Crippen molar-refractivity contribution in [3.63, 3.8) is 0 Å². The number of benzene rings is 2. The Labute approximate surface area is 152 Å². The molecule has 0 atom stereocenters. The first kappa shape index (κ1) is 17.7. The molecule has 6 nitrogen and oxygen atoms in total. The predicted molar refractivity (Wildman–Crippen MR) is 98.3 cm³/mol. The summed E-state index contributed by atoms with van der Waals surface area (Å²) in [6, 6.07) is 17.8. The summed E-state index contributed by atoms with van der Waals surface area (Å²) in [6.07, 6.45) is 4.32. The van der Waals surface area contributed by atoms with Crippen LogP contribution in [-0.2, 0) is 24.5 Å². The van der Waals surface area contributed by atoms with Gasteiger partial charge >= 0.3 is 0 Å². The normalized spacial score (nSPS) is 10.5. The Morgan fingerprint density at radius 1 is 1.08 bits per heavy atom. The molecule has 0 aliphatic carbocycles. The number of amides is 1. The Morgan fingerprint density at radius 3 is 2.69 bits per heavy atom. The van der Waals surface area contributed by atoms with Gasteiger partial charge in [0.05, 0.1) is 0 Å². The van der Waals surface area contributed by atoms with Crippen LogP contribution in [0.2, 0.25) is 0 Å². The van der Waals surface area contributed by atoms with Gasteiger partial charge in [-0.2, -0.15) is 5.10 Å². The number of nitrogens with zero attached hydrogens (tertiary/aromatic N) is 3. The second-order valence-electron chi connectivity index (χ2n) is 5.92. The zero-order chi connectivity index (χ0) is 18.0. The maximum absolute atomic E-state index is 12.0. The third-order valence-corrected chi connectivity index (χ3v) is 3.94. The van der Waals surface area contributed by atoms with Crippen molar-refractivity contribution in [3.05, 3.63) is 78.4 Å². The number of nitrogens with one attached hydrogen (secondary N) is 1. The van der Waals surface area contributed by atoms with Crippen LogP contribution in [0.1, 0.15) is 24.0 Å². The summed E-state index contributed by atoms with van der Waals surface area (Å²) in [6.45, 7) is 1.64. The number of ether oxygens (including phenoxy) is 1. The van der Waals surface area contributed by atoms with Crippen LogP contribution in [-0.4, -0.2) is 20.7 Å². The van der Waals surface area contributed by atoms with Crippen molar-refractivity contribution in [1.82, 2.24) is 20.1 Å². The van der Waals surface area contributed by atoms with E-state index in [1.54, 1.807) is 11.0 Å². The summed E-state index contributed by atoms with van der Waals surface area (Å²) in [5.74, 6) is 0.808. The molecule has 3 aromatic rings. The van der Waals surface area contributed by atoms with Gasteiger partial charge in [0.1, 0.15) is 25.0 Å². The summed E-state index contributed by atoms with van der Waals surface area (Å²) < 4.78 is 7.64. The minimum atomic E-state index is 0.0166. The van der Waals surface area contributed by atoms with Gasteiger partial charge < -0.3 is 10.1 Å². The third kappa shape index (κ3) is 5.44. The van der Waals surface area contributed by atoms with Gasteiger partial charge in [0.2, 0.25) is 5.91 Å². The molecule has 1 amide bonds. The smallest absolute Gasteiger partial charge is 0.220 e. The fraction of sp³-hybridized carbons (Fsp3) is 0.250. The van der Waals surface area contributed by atoms with E-state index in [1.165, 1.54) is 6.33 Å². The quantitative estimate of drug-likeness (QED) is 0.644. The van der Waals surface area contributed by atoms with Crippen LogP contribution in [0.25, 0.3) is 0 Å². The lowest BCUT2D eigenvalue weighted by Crippen LogP contribution is -2.23. The Hall–Kier alpha value is -3.15. The second-order valence-corrected chi connectivity index (χ2v) is 5.92. The highest BCUT2D eigenvalue weighted by atomic mass is 16.5. The van der Waals surface area contributed by atoms with Crippen molar-refractivity contribution in [3.8, 4) is 5.75 Å². The first-order valence-corrected chi connectivity index (χ1v) is 8.65. The Morgan fingerprint density at radius 2 is 1.88 bits per heavy atom. The Bertz CT molecular complexity index is 804. The fourth-order valence-corrected chi connectivity index (χ4v) is 2.56. The summed E-state index contributed by atoms with van der Waals surface area (Å²) in [5, 5.41) is 6.97. The van der Waals surface area contributed by atoms with Gasteiger partial charge in [-0.3, -0.25) is 9.48 Å². The van der Waals surface area contributed by atoms with Crippen molar-refractivity contribution in [2.24, 2.45) is 0 Å². The molecule has 0 unspecified atom stereocenters. The van der Waals surface area contributed by atoms with Gasteiger partial charge in [0.25, 0.3) is 0 Å². The molecule has 0 fully saturated rings. The van der Waals surface area contributed by atoms with Crippen LogP contribution in [0.3, 0.4) is 0 Å². The number of hydrogen-bond acceptors (Lipinski definition) is 4. The molecule has 0 bridgehead atoms. The molecule has 0 spiro atoms. The highest BCUT2D eigenvalue weighted by Crippen LogP contribution is 2.19. The van der Waals surface area contributed by atoms with Crippen LogP contribution < -0.4 is 10.1 Å². The number of rotatable bonds is 9. The zero-order valence-corrected chi connectivity index (χ0v) is 14.5. The summed E-state index contributed by atoms with van der Waals surface area (Å²) in [4.78, 5) is 15.9. The van der Waals surface area contributed by atoms with Gasteiger partial charge in [-0.1, -0.05) is 48.5 Å². The van der Waals surface area contributed by atoms with Crippen LogP contribution in [0.5, 0.6) is 5.75 Å². The minimum absolute atomic E-state index is 0.0166. The molecule has 1 aromatic heterocycles. The maximum Gasteiger partial charge on any atom is 0.220 e. The van der Waals surface area contributed by atoms with Crippen LogP contribution in [0, 0.1) is 0 Å². The molecular formula is C20H22N4O2. The molecule has 6 heteroatoms. The van der Waals surface area contributed by atoms with Crippen molar-refractivity contribution in [2.45, 2.75) is 32.5 Å². The van der Waals surface area contributed by atoms with E-state index in [9.17, 15) is 4.79 Å². The largest absolute Gasteiger partial charge is 0.489 e. The molecule has 26 heavy (non-hydrogen) atoms. The average Bonchev–Trinajstić information content (AvgIpc) is 3.20. The lowest BCUT2D eigenvalue weighted by molar-refractivity contribution is -0.121. The first-order chi connectivity index (χ1) is 12.8. The zero-order valence-electron chi connectivity index (χ0n) is 14.5. The van der Waals surface area contributed by atoms with Crippen molar-refractivity contribution in [2.75, 3.05) is 0 Å². The number of aromatic nitrogens is 3. The van der Waals surface area contributed by atoms with E-state index in [0.717, 1.165) is 23.3 Å². The predicted octanol–water partition coefficient (Wildman–Crippen LogP) is 2.95. The van der Waals surface area contributed by atoms with Crippen LogP contribution in [0.15, 0.2) is 67.3 Å². The first-order valence-electron chi connectivity index (χ1n) is 8.65. The van der Waals surface area contributed by atoms with E-state index in [2.05, 4.69) is 15.4 Å². The standard InChI is InChI=1S/C20H22N4O2/c25-20(11-6-12-24-16-21-15-23-24)22-13-18-9-4-5-10-19(18)26-14-17-7-2-1-3-8-17/h1-5,7-10,15-16H,6,11-14H2,(H,22,25). The third-order valence-electron chi connectivity index (χ3n) is 3.94. The summed E-state index contributed by atoms with van der Waals surface area (Å²) in [7, 11) is 0. The van der Waals surface area contributed by atoms with Gasteiger partial charge in [-0.25, -0.2) is 4.98 Å². The van der Waals surface area contributed by atoms with Crippen LogP contribution in [0.4, 0.5) is 0 Å². The summed E-state index contributed by atoms with van der Waals surface area (Å²) >= 11 is 0. The SMILES string of the molecule is O=C(CCCn1cncn1)NCc1ccccc1OCc1ccccc1.